The fraction of sp³-hybridized carbons (Fsp3) is 0.200. The minimum atomic E-state index is 0.731. The third-order valence-electron chi connectivity index (χ3n) is 2.88. The molecule has 0 heterocycles. The number of hydrogen-bond donors (Lipinski definition) is 1. The molecule has 0 spiro atoms. The van der Waals surface area contributed by atoms with Crippen molar-refractivity contribution in [3.63, 3.8) is 0 Å². The van der Waals surface area contributed by atoms with Crippen molar-refractivity contribution in [3.8, 4) is 0 Å². The highest BCUT2D eigenvalue weighted by Gasteiger charge is 2.03. The first-order valence-electron chi connectivity index (χ1n) is 5.96. The van der Waals surface area contributed by atoms with Gasteiger partial charge in [-0.25, -0.2) is 0 Å². The summed E-state index contributed by atoms with van der Waals surface area (Å²) >= 11 is 9.64. The summed E-state index contributed by atoms with van der Waals surface area (Å²) in [5.74, 6) is 0. The van der Waals surface area contributed by atoms with Gasteiger partial charge in [0.15, 0.2) is 0 Å². The minimum absolute atomic E-state index is 0.731. The van der Waals surface area contributed by atoms with Gasteiger partial charge >= 0.3 is 0 Å². The molecular weight excluding hydrogens is 310 g/mol. The van der Waals surface area contributed by atoms with E-state index >= 15 is 0 Å². The van der Waals surface area contributed by atoms with Gasteiger partial charge in [-0.1, -0.05) is 52.7 Å². The third kappa shape index (κ3) is 3.27. The Hall–Kier alpha value is -0.990. The van der Waals surface area contributed by atoms with Crippen LogP contribution in [0.15, 0.2) is 46.9 Å². The molecule has 0 aliphatic rings. The fourth-order valence-corrected chi connectivity index (χ4v) is 2.46. The number of anilines is 1. The van der Waals surface area contributed by atoms with Gasteiger partial charge in [-0.3, -0.25) is 0 Å². The molecule has 0 atom stereocenters. The maximum atomic E-state index is 6.18. The number of benzene rings is 2. The van der Waals surface area contributed by atoms with Crippen LogP contribution in [0.2, 0.25) is 5.02 Å². The van der Waals surface area contributed by atoms with Crippen LogP contribution in [0, 0.1) is 0 Å². The van der Waals surface area contributed by atoms with Gasteiger partial charge in [0.1, 0.15) is 0 Å². The predicted octanol–water partition coefficient (Wildman–Crippen LogP) is 5.28. The lowest BCUT2D eigenvalue weighted by Crippen LogP contribution is -2.02. The Balaban J connectivity index is 2.14. The molecule has 1 nitrogen and oxygen atoms in total. The highest BCUT2D eigenvalue weighted by atomic mass is 79.9. The Labute approximate surface area is 121 Å². The first-order chi connectivity index (χ1) is 8.70. The normalized spacial score (nSPS) is 10.4. The van der Waals surface area contributed by atoms with E-state index in [1.165, 1.54) is 11.3 Å². The Morgan fingerprint density at radius 3 is 2.67 bits per heavy atom. The van der Waals surface area contributed by atoms with Crippen molar-refractivity contribution < 1.29 is 0 Å². The molecule has 0 amide bonds. The molecule has 0 aliphatic heterocycles. The van der Waals surface area contributed by atoms with Gasteiger partial charge in [0.05, 0.1) is 0 Å². The molecule has 0 saturated carbocycles. The number of rotatable bonds is 4. The van der Waals surface area contributed by atoms with Gasteiger partial charge in [0, 0.05) is 21.7 Å². The van der Waals surface area contributed by atoms with Gasteiger partial charge in [0.25, 0.3) is 0 Å². The van der Waals surface area contributed by atoms with Crippen LogP contribution >= 0.6 is 27.5 Å². The zero-order valence-corrected chi connectivity index (χ0v) is 12.6. The fourth-order valence-electron chi connectivity index (χ4n) is 1.87. The van der Waals surface area contributed by atoms with E-state index < -0.39 is 0 Å². The largest absolute Gasteiger partial charge is 0.381 e. The van der Waals surface area contributed by atoms with Crippen LogP contribution in [0.1, 0.15) is 18.1 Å². The summed E-state index contributed by atoms with van der Waals surface area (Å²) in [7, 11) is 0. The van der Waals surface area contributed by atoms with Crippen LogP contribution in [0.3, 0.4) is 0 Å². The number of para-hydroxylation sites is 1. The van der Waals surface area contributed by atoms with E-state index in [2.05, 4.69) is 46.4 Å². The average Bonchev–Trinajstić information content (AvgIpc) is 2.40. The second-order valence-corrected chi connectivity index (χ2v) is 5.42. The Bertz CT molecular complexity index is 540. The molecule has 0 aromatic heterocycles. The van der Waals surface area contributed by atoms with E-state index in [9.17, 15) is 0 Å². The maximum Gasteiger partial charge on any atom is 0.0456 e. The standard InChI is InChI=1S/C15H15BrClN/c1-2-11-5-3-4-6-15(11)18-10-12-9-13(16)7-8-14(12)17/h3-9,18H,2,10H2,1H3. The zero-order chi connectivity index (χ0) is 13.0. The lowest BCUT2D eigenvalue weighted by atomic mass is 10.1. The van der Waals surface area contributed by atoms with E-state index in [0.29, 0.717) is 0 Å². The summed E-state index contributed by atoms with van der Waals surface area (Å²) in [6.07, 6.45) is 1.02. The van der Waals surface area contributed by atoms with E-state index in [4.69, 9.17) is 11.6 Å². The quantitative estimate of drug-likeness (QED) is 0.807. The van der Waals surface area contributed by atoms with Gasteiger partial charge in [-0.05, 0) is 41.8 Å². The molecule has 2 aromatic rings. The summed E-state index contributed by atoms with van der Waals surface area (Å²) < 4.78 is 1.05. The van der Waals surface area contributed by atoms with Crippen LogP contribution in [0.5, 0.6) is 0 Å². The zero-order valence-electron chi connectivity index (χ0n) is 10.2. The van der Waals surface area contributed by atoms with Crippen molar-refractivity contribution in [2.45, 2.75) is 19.9 Å². The van der Waals surface area contributed by atoms with Crippen molar-refractivity contribution in [1.82, 2.24) is 0 Å². The van der Waals surface area contributed by atoms with Gasteiger partial charge in [0.2, 0.25) is 0 Å². The molecule has 0 saturated heterocycles. The summed E-state index contributed by atoms with van der Waals surface area (Å²) in [6, 6.07) is 14.3. The molecule has 0 radical (unpaired) electrons. The molecule has 94 valence electrons. The molecular formula is C15H15BrClN. The number of nitrogens with one attached hydrogen (secondary N) is 1. The SMILES string of the molecule is CCc1ccccc1NCc1cc(Br)ccc1Cl. The molecule has 0 fully saturated rings. The second-order valence-electron chi connectivity index (χ2n) is 4.10. The highest BCUT2D eigenvalue weighted by Crippen LogP contribution is 2.23. The van der Waals surface area contributed by atoms with Gasteiger partial charge in [-0.15, -0.1) is 0 Å². The van der Waals surface area contributed by atoms with E-state index in [1.807, 2.05) is 24.3 Å². The Morgan fingerprint density at radius 1 is 1.11 bits per heavy atom. The summed E-state index contributed by atoms with van der Waals surface area (Å²) in [5.41, 5.74) is 3.59. The smallest absolute Gasteiger partial charge is 0.0456 e. The van der Waals surface area contributed by atoms with Crippen molar-refractivity contribution >= 4 is 33.2 Å². The summed E-state index contributed by atoms with van der Waals surface area (Å²) in [5, 5.41) is 4.23. The molecule has 0 bridgehead atoms. The van der Waals surface area contributed by atoms with Gasteiger partial charge < -0.3 is 5.32 Å². The number of hydrogen-bond acceptors (Lipinski definition) is 1. The molecule has 2 aromatic carbocycles. The first kappa shape index (κ1) is 13.4. The van der Waals surface area contributed by atoms with Crippen molar-refractivity contribution in [2.24, 2.45) is 0 Å². The summed E-state index contributed by atoms with van der Waals surface area (Å²) in [6.45, 7) is 2.89. The van der Waals surface area contributed by atoms with Crippen LogP contribution in [-0.2, 0) is 13.0 Å². The van der Waals surface area contributed by atoms with Crippen LogP contribution < -0.4 is 5.32 Å². The third-order valence-corrected chi connectivity index (χ3v) is 3.74. The van der Waals surface area contributed by atoms with E-state index in [-0.39, 0.29) is 0 Å². The lowest BCUT2D eigenvalue weighted by molar-refractivity contribution is 1.09. The van der Waals surface area contributed by atoms with Crippen LogP contribution in [0.25, 0.3) is 0 Å². The van der Waals surface area contributed by atoms with E-state index in [1.54, 1.807) is 0 Å². The minimum Gasteiger partial charge on any atom is -0.381 e. The molecule has 0 unspecified atom stereocenters. The lowest BCUT2D eigenvalue weighted by Gasteiger charge is -2.12. The van der Waals surface area contributed by atoms with Crippen molar-refractivity contribution in [2.75, 3.05) is 5.32 Å². The van der Waals surface area contributed by atoms with Crippen molar-refractivity contribution in [1.29, 1.82) is 0 Å². The molecule has 18 heavy (non-hydrogen) atoms. The monoisotopic (exact) mass is 323 g/mol. The predicted molar refractivity (Wildman–Crippen MR) is 82.3 cm³/mol. The molecule has 2 rings (SSSR count). The highest BCUT2D eigenvalue weighted by molar-refractivity contribution is 9.10. The van der Waals surface area contributed by atoms with Gasteiger partial charge in [-0.2, -0.15) is 0 Å². The molecule has 1 N–H and O–H groups in total. The first-order valence-corrected chi connectivity index (χ1v) is 7.13. The summed E-state index contributed by atoms with van der Waals surface area (Å²) in [4.78, 5) is 0. The van der Waals surface area contributed by atoms with Crippen LogP contribution in [-0.4, -0.2) is 0 Å². The Morgan fingerprint density at radius 2 is 1.89 bits per heavy atom. The topological polar surface area (TPSA) is 12.0 Å². The number of halogens is 2. The maximum absolute atomic E-state index is 6.18. The van der Waals surface area contributed by atoms with Crippen LogP contribution in [0.4, 0.5) is 5.69 Å². The van der Waals surface area contributed by atoms with Crippen molar-refractivity contribution in [3.05, 3.63) is 63.1 Å². The second kappa shape index (κ2) is 6.26. The molecule has 3 heteroatoms. The number of aryl methyl sites for hydroxylation is 1. The molecule has 0 aliphatic carbocycles. The average molecular weight is 325 g/mol. The Kier molecular flexibility index (Phi) is 4.67. The van der Waals surface area contributed by atoms with E-state index in [0.717, 1.165) is 28.0 Å².